The lowest BCUT2D eigenvalue weighted by atomic mass is 10.1. The first-order valence-electron chi connectivity index (χ1n) is 8.25. The number of fused-ring (bicyclic) bond motifs is 1. The first kappa shape index (κ1) is 18.4. The molecule has 0 spiro atoms. The Morgan fingerprint density at radius 2 is 2.04 bits per heavy atom. The van der Waals surface area contributed by atoms with E-state index in [0.29, 0.717) is 26.9 Å². The van der Waals surface area contributed by atoms with E-state index in [0.717, 1.165) is 15.4 Å². The van der Waals surface area contributed by atoms with Crippen LogP contribution in [0.4, 0.5) is 5.13 Å². The topological polar surface area (TPSA) is 76.7 Å². The fraction of sp³-hybridized carbons (Fsp3) is 0.0500. The molecular weight excluding hydrogens is 442 g/mol. The summed E-state index contributed by atoms with van der Waals surface area (Å²) in [7, 11) is 1.59. The van der Waals surface area contributed by atoms with Gasteiger partial charge in [-0.1, -0.05) is 39.4 Å². The van der Waals surface area contributed by atoms with Gasteiger partial charge in [-0.05, 0) is 42.0 Å². The molecule has 0 unspecified atom stereocenters. The van der Waals surface area contributed by atoms with E-state index in [2.05, 4.69) is 31.4 Å². The zero-order valence-corrected chi connectivity index (χ0v) is 17.1. The quantitative estimate of drug-likeness (QED) is 0.256. The molecule has 4 aromatic rings. The van der Waals surface area contributed by atoms with Gasteiger partial charge >= 0.3 is 5.63 Å². The summed E-state index contributed by atoms with van der Waals surface area (Å²) < 4.78 is 11.7. The molecule has 2 aromatic carbocycles. The van der Waals surface area contributed by atoms with Gasteiger partial charge in [-0.2, -0.15) is 5.10 Å². The maximum atomic E-state index is 12.4. The van der Waals surface area contributed by atoms with Crippen molar-refractivity contribution in [1.29, 1.82) is 0 Å². The van der Waals surface area contributed by atoms with Crippen LogP contribution in [0.5, 0.6) is 5.75 Å². The summed E-state index contributed by atoms with van der Waals surface area (Å²) in [6, 6.07) is 14.8. The van der Waals surface area contributed by atoms with Gasteiger partial charge in [0, 0.05) is 16.1 Å². The maximum absolute atomic E-state index is 12.4. The van der Waals surface area contributed by atoms with Crippen molar-refractivity contribution in [1.82, 2.24) is 4.98 Å². The molecule has 1 N–H and O–H groups in total. The van der Waals surface area contributed by atoms with Gasteiger partial charge in [0.15, 0.2) is 0 Å². The van der Waals surface area contributed by atoms with Crippen LogP contribution in [0.25, 0.3) is 21.4 Å². The molecule has 0 saturated heterocycles. The standard InChI is InChI=1S/C20H14BrN3O3S/c1-26-15-6-7-17-13(8-15)9-16(19(25)27-17)18-11-22-20(28-18)24-23-10-12-2-4-14(21)5-3-12/h2-11H,1H3,(H,22,24)/b23-10-. The molecule has 0 radical (unpaired) electrons. The zero-order chi connectivity index (χ0) is 19.5. The SMILES string of the molecule is COc1ccc2oc(=O)c(-c3cnc(N/N=C\c4ccc(Br)cc4)s3)cc2c1. The molecule has 0 saturated carbocycles. The second-order valence-corrected chi connectivity index (χ2v) is 7.75. The summed E-state index contributed by atoms with van der Waals surface area (Å²) in [6.45, 7) is 0. The molecule has 0 aliphatic carbocycles. The Hall–Kier alpha value is -2.97. The predicted octanol–water partition coefficient (Wildman–Crippen LogP) is 5.13. The number of aromatic nitrogens is 1. The lowest BCUT2D eigenvalue weighted by molar-refractivity contribution is 0.415. The molecule has 2 heterocycles. The lowest BCUT2D eigenvalue weighted by Gasteiger charge is -2.03. The Labute approximate surface area is 172 Å². The lowest BCUT2D eigenvalue weighted by Crippen LogP contribution is -2.01. The van der Waals surface area contributed by atoms with E-state index in [1.165, 1.54) is 11.3 Å². The Bertz CT molecular complexity index is 1220. The molecule has 0 bridgehead atoms. The van der Waals surface area contributed by atoms with Crippen molar-refractivity contribution in [2.45, 2.75) is 0 Å². The summed E-state index contributed by atoms with van der Waals surface area (Å²) in [5, 5.41) is 5.54. The zero-order valence-electron chi connectivity index (χ0n) is 14.7. The van der Waals surface area contributed by atoms with Gasteiger partial charge in [0.05, 0.1) is 23.8 Å². The van der Waals surface area contributed by atoms with Crippen LogP contribution in [0, 0.1) is 0 Å². The van der Waals surface area contributed by atoms with E-state index in [1.807, 2.05) is 30.3 Å². The van der Waals surface area contributed by atoms with E-state index in [-0.39, 0.29) is 0 Å². The van der Waals surface area contributed by atoms with Crippen LogP contribution in [-0.4, -0.2) is 18.3 Å². The smallest absolute Gasteiger partial charge is 0.345 e. The van der Waals surface area contributed by atoms with Gasteiger partial charge in [0.25, 0.3) is 0 Å². The predicted molar refractivity (Wildman–Crippen MR) is 116 cm³/mol. The maximum Gasteiger partial charge on any atom is 0.345 e. The summed E-state index contributed by atoms with van der Waals surface area (Å²) in [4.78, 5) is 17.3. The Morgan fingerprint density at radius 1 is 1.21 bits per heavy atom. The highest BCUT2D eigenvalue weighted by molar-refractivity contribution is 9.10. The third kappa shape index (κ3) is 3.97. The number of ether oxygens (including phenoxy) is 1. The van der Waals surface area contributed by atoms with Crippen molar-refractivity contribution in [3.8, 4) is 16.2 Å². The van der Waals surface area contributed by atoms with E-state index in [4.69, 9.17) is 9.15 Å². The summed E-state index contributed by atoms with van der Waals surface area (Å²) >= 11 is 4.72. The van der Waals surface area contributed by atoms with Gasteiger partial charge in [-0.25, -0.2) is 9.78 Å². The summed E-state index contributed by atoms with van der Waals surface area (Å²) in [5.41, 5.74) is 4.39. The van der Waals surface area contributed by atoms with Crippen molar-refractivity contribution in [2.75, 3.05) is 12.5 Å². The minimum absolute atomic E-state index is 0.411. The molecule has 8 heteroatoms. The number of hydrogen-bond donors (Lipinski definition) is 1. The molecule has 0 aliphatic heterocycles. The van der Waals surface area contributed by atoms with Gasteiger partial charge in [0.1, 0.15) is 11.3 Å². The molecule has 0 aliphatic rings. The molecule has 0 atom stereocenters. The van der Waals surface area contributed by atoms with Crippen LogP contribution in [0.1, 0.15) is 5.56 Å². The second kappa shape index (κ2) is 7.95. The average molecular weight is 456 g/mol. The Kier molecular flexibility index (Phi) is 5.23. The fourth-order valence-corrected chi connectivity index (χ4v) is 3.60. The monoisotopic (exact) mass is 455 g/mol. The highest BCUT2D eigenvalue weighted by atomic mass is 79.9. The average Bonchev–Trinajstić information content (AvgIpc) is 3.17. The minimum Gasteiger partial charge on any atom is -0.497 e. The van der Waals surface area contributed by atoms with E-state index >= 15 is 0 Å². The van der Waals surface area contributed by atoms with Crippen LogP contribution in [0.3, 0.4) is 0 Å². The molecular formula is C20H14BrN3O3S. The number of halogens is 1. The van der Waals surface area contributed by atoms with Gasteiger partial charge in [-0.3, -0.25) is 5.43 Å². The highest BCUT2D eigenvalue weighted by Gasteiger charge is 2.12. The number of hydrazone groups is 1. The number of methoxy groups -OCH3 is 1. The summed E-state index contributed by atoms with van der Waals surface area (Å²) in [6.07, 6.45) is 3.32. The molecule has 140 valence electrons. The second-order valence-electron chi connectivity index (χ2n) is 5.80. The van der Waals surface area contributed by atoms with Crippen LogP contribution >= 0.6 is 27.3 Å². The normalized spacial score (nSPS) is 11.2. The van der Waals surface area contributed by atoms with E-state index < -0.39 is 5.63 Å². The van der Waals surface area contributed by atoms with Gasteiger partial charge < -0.3 is 9.15 Å². The third-order valence-electron chi connectivity index (χ3n) is 3.95. The first-order chi connectivity index (χ1) is 13.6. The molecule has 0 fully saturated rings. The largest absolute Gasteiger partial charge is 0.497 e. The molecule has 6 nitrogen and oxygen atoms in total. The number of rotatable bonds is 5. The number of nitrogens with zero attached hydrogens (tertiary/aromatic N) is 2. The minimum atomic E-state index is -0.411. The van der Waals surface area contributed by atoms with Crippen molar-refractivity contribution >= 4 is 49.6 Å². The van der Waals surface area contributed by atoms with Crippen LogP contribution in [0.15, 0.2) is 73.5 Å². The van der Waals surface area contributed by atoms with Crippen molar-refractivity contribution in [2.24, 2.45) is 5.10 Å². The van der Waals surface area contributed by atoms with Crippen LogP contribution < -0.4 is 15.8 Å². The van der Waals surface area contributed by atoms with E-state index in [9.17, 15) is 4.79 Å². The number of hydrogen-bond acceptors (Lipinski definition) is 7. The molecule has 2 aromatic heterocycles. The summed E-state index contributed by atoms with van der Waals surface area (Å²) in [5.74, 6) is 0.696. The van der Waals surface area contributed by atoms with Crippen molar-refractivity contribution < 1.29 is 9.15 Å². The Balaban J connectivity index is 1.57. The number of thiazole rings is 1. The van der Waals surface area contributed by atoms with Gasteiger partial charge in [0.2, 0.25) is 5.13 Å². The fourth-order valence-electron chi connectivity index (χ4n) is 2.56. The van der Waals surface area contributed by atoms with Crippen molar-refractivity contribution in [3.63, 3.8) is 0 Å². The van der Waals surface area contributed by atoms with Crippen molar-refractivity contribution in [3.05, 3.63) is 75.2 Å². The van der Waals surface area contributed by atoms with Gasteiger partial charge in [-0.15, -0.1) is 0 Å². The Morgan fingerprint density at radius 3 is 2.82 bits per heavy atom. The highest BCUT2D eigenvalue weighted by Crippen LogP contribution is 2.29. The third-order valence-corrected chi connectivity index (χ3v) is 5.42. The number of benzene rings is 2. The number of anilines is 1. The molecule has 0 amide bonds. The number of nitrogens with one attached hydrogen (secondary N) is 1. The molecule has 28 heavy (non-hydrogen) atoms. The van der Waals surface area contributed by atoms with E-state index in [1.54, 1.807) is 37.7 Å². The van der Waals surface area contributed by atoms with Crippen LogP contribution in [-0.2, 0) is 0 Å². The van der Waals surface area contributed by atoms with Crippen LogP contribution in [0.2, 0.25) is 0 Å². The molecule has 4 rings (SSSR count). The first-order valence-corrected chi connectivity index (χ1v) is 9.86.